The topological polar surface area (TPSA) is 55.5 Å². The Hall–Kier alpha value is -1.84. The van der Waals surface area contributed by atoms with E-state index in [1.54, 1.807) is 0 Å². The van der Waals surface area contributed by atoms with Crippen molar-refractivity contribution in [1.82, 2.24) is 0 Å². The molecule has 3 heteroatoms. The standard InChI is InChI=1S/C16H19NO2/c17-11-10-15(18)12-19-16-8-6-14(7-9-16)13-4-2-1-3-5-13/h1-9,15,18H,10-12,17H2. The van der Waals surface area contributed by atoms with Crippen LogP contribution in [0.5, 0.6) is 5.75 Å². The molecule has 100 valence electrons. The number of aliphatic hydroxyl groups excluding tert-OH is 1. The van der Waals surface area contributed by atoms with Crippen LogP contribution in [0.15, 0.2) is 54.6 Å². The highest BCUT2D eigenvalue weighted by atomic mass is 16.5. The fourth-order valence-corrected chi connectivity index (χ4v) is 1.84. The van der Waals surface area contributed by atoms with Crippen molar-refractivity contribution >= 4 is 0 Å². The van der Waals surface area contributed by atoms with Crippen molar-refractivity contribution in [1.29, 1.82) is 0 Å². The molecule has 1 unspecified atom stereocenters. The van der Waals surface area contributed by atoms with E-state index in [2.05, 4.69) is 12.1 Å². The van der Waals surface area contributed by atoms with Crippen LogP contribution in [0.1, 0.15) is 6.42 Å². The summed E-state index contributed by atoms with van der Waals surface area (Å²) in [6.45, 7) is 0.749. The van der Waals surface area contributed by atoms with Crippen molar-refractivity contribution in [3.63, 3.8) is 0 Å². The van der Waals surface area contributed by atoms with Crippen molar-refractivity contribution in [2.45, 2.75) is 12.5 Å². The van der Waals surface area contributed by atoms with Gasteiger partial charge in [0.05, 0.1) is 6.10 Å². The molecule has 0 aliphatic carbocycles. The zero-order valence-corrected chi connectivity index (χ0v) is 10.8. The molecule has 3 nitrogen and oxygen atoms in total. The summed E-state index contributed by atoms with van der Waals surface area (Å²) >= 11 is 0. The Morgan fingerprint density at radius 2 is 1.58 bits per heavy atom. The molecule has 2 aromatic carbocycles. The maximum absolute atomic E-state index is 9.54. The molecule has 0 heterocycles. The SMILES string of the molecule is NCCC(O)COc1ccc(-c2ccccc2)cc1. The van der Waals surface area contributed by atoms with Crippen LogP contribution in [0.4, 0.5) is 0 Å². The molecule has 0 saturated heterocycles. The highest BCUT2D eigenvalue weighted by Crippen LogP contribution is 2.22. The second kappa shape index (κ2) is 6.92. The predicted octanol–water partition coefficient (Wildman–Crippen LogP) is 2.44. The van der Waals surface area contributed by atoms with Gasteiger partial charge in [0, 0.05) is 0 Å². The Morgan fingerprint density at radius 1 is 0.947 bits per heavy atom. The molecule has 3 N–H and O–H groups in total. The quantitative estimate of drug-likeness (QED) is 0.835. The largest absolute Gasteiger partial charge is 0.491 e. The molecule has 0 aromatic heterocycles. The molecule has 0 amide bonds. The van der Waals surface area contributed by atoms with Crippen LogP contribution in [0.3, 0.4) is 0 Å². The van der Waals surface area contributed by atoms with E-state index < -0.39 is 6.10 Å². The van der Waals surface area contributed by atoms with Crippen LogP contribution >= 0.6 is 0 Å². The van der Waals surface area contributed by atoms with E-state index in [-0.39, 0.29) is 6.61 Å². The molecular weight excluding hydrogens is 238 g/mol. The van der Waals surface area contributed by atoms with Crippen LogP contribution in [0.2, 0.25) is 0 Å². The number of aliphatic hydroxyl groups is 1. The van der Waals surface area contributed by atoms with E-state index in [4.69, 9.17) is 10.5 Å². The normalized spacial score (nSPS) is 12.1. The second-order valence-corrected chi connectivity index (χ2v) is 4.43. The number of nitrogens with two attached hydrogens (primary N) is 1. The first kappa shape index (κ1) is 13.6. The van der Waals surface area contributed by atoms with Crippen molar-refractivity contribution in [3.05, 3.63) is 54.6 Å². The summed E-state index contributed by atoms with van der Waals surface area (Å²) in [7, 11) is 0. The third kappa shape index (κ3) is 4.09. The van der Waals surface area contributed by atoms with Gasteiger partial charge in [-0.15, -0.1) is 0 Å². The lowest BCUT2D eigenvalue weighted by atomic mass is 10.1. The minimum atomic E-state index is -0.501. The lowest BCUT2D eigenvalue weighted by Crippen LogP contribution is -2.21. The van der Waals surface area contributed by atoms with Gasteiger partial charge in [-0.25, -0.2) is 0 Å². The van der Waals surface area contributed by atoms with Gasteiger partial charge in [0.15, 0.2) is 0 Å². The van der Waals surface area contributed by atoms with Gasteiger partial charge in [0.2, 0.25) is 0 Å². The van der Waals surface area contributed by atoms with Crippen LogP contribution in [-0.2, 0) is 0 Å². The molecule has 0 fully saturated rings. The zero-order valence-electron chi connectivity index (χ0n) is 10.8. The maximum Gasteiger partial charge on any atom is 0.119 e. The van der Waals surface area contributed by atoms with Crippen molar-refractivity contribution in [2.24, 2.45) is 5.73 Å². The van der Waals surface area contributed by atoms with E-state index in [0.717, 1.165) is 11.3 Å². The molecule has 1 atom stereocenters. The van der Waals surface area contributed by atoms with Crippen molar-refractivity contribution in [3.8, 4) is 16.9 Å². The Kier molecular flexibility index (Phi) is 4.95. The molecule has 0 spiro atoms. The highest BCUT2D eigenvalue weighted by Gasteiger charge is 2.04. The third-order valence-electron chi connectivity index (χ3n) is 2.90. The average Bonchev–Trinajstić information content (AvgIpc) is 2.47. The van der Waals surface area contributed by atoms with Gasteiger partial charge in [-0.3, -0.25) is 0 Å². The van der Waals surface area contributed by atoms with E-state index in [1.165, 1.54) is 5.56 Å². The monoisotopic (exact) mass is 257 g/mol. The van der Waals surface area contributed by atoms with Crippen LogP contribution in [-0.4, -0.2) is 24.4 Å². The molecule has 2 rings (SSSR count). The zero-order chi connectivity index (χ0) is 13.5. The summed E-state index contributed by atoms with van der Waals surface area (Å²) in [5.41, 5.74) is 7.69. The summed E-state index contributed by atoms with van der Waals surface area (Å²) in [5.74, 6) is 0.760. The lowest BCUT2D eigenvalue weighted by molar-refractivity contribution is 0.102. The number of hydrogen-bond donors (Lipinski definition) is 2. The molecular formula is C16H19NO2. The van der Waals surface area contributed by atoms with E-state index in [0.29, 0.717) is 13.0 Å². The van der Waals surface area contributed by atoms with Crippen LogP contribution in [0.25, 0.3) is 11.1 Å². The Morgan fingerprint density at radius 3 is 2.21 bits per heavy atom. The number of benzene rings is 2. The minimum absolute atomic E-state index is 0.280. The van der Waals surface area contributed by atoms with Gasteiger partial charge in [0.25, 0.3) is 0 Å². The fraction of sp³-hybridized carbons (Fsp3) is 0.250. The van der Waals surface area contributed by atoms with Gasteiger partial charge in [0.1, 0.15) is 12.4 Å². The Bertz CT molecular complexity index is 482. The summed E-state index contributed by atoms with van der Waals surface area (Å²) < 4.78 is 5.51. The Balaban J connectivity index is 1.95. The molecule has 0 radical (unpaired) electrons. The predicted molar refractivity (Wildman–Crippen MR) is 77.1 cm³/mol. The molecule has 0 aliphatic heterocycles. The van der Waals surface area contributed by atoms with E-state index in [9.17, 15) is 5.11 Å². The number of ether oxygens (including phenoxy) is 1. The highest BCUT2D eigenvalue weighted by molar-refractivity contribution is 5.63. The van der Waals surface area contributed by atoms with Gasteiger partial charge in [-0.1, -0.05) is 42.5 Å². The average molecular weight is 257 g/mol. The fourth-order valence-electron chi connectivity index (χ4n) is 1.84. The van der Waals surface area contributed by atoms with Crippen LogP contribution in [0, 0.1) is 0 Å². The van der Waals surface area contributed by atoms with Crippen molar-refractivity contribution < 1.29 is 9.84 Å². The van der Waals surface area contributed by atoms with Gasteiger partial charge in [-0.05, 0) is 36.2 Å². The Labute approximate surface area is 113 Å². The molecule has 0 bridgehead atoms. The first-order valence-electron chi connectivity index (χ1n) is 6.46. The maximum atomic E-state index is 9.54. The smallest absolute Gasteiger partial charge is 0.119 e. The lowest BCUT2D eigenvalue weighted by Gasteiger charge is -2.11. The van der Waals surface area contributed by atoms with Gasteiger partial charge >= 0.3 is 0 Å². The molecule has 2 aromatic rings. The van der Waals surface area contributed by atoms with E-state index in [1.807, 2.05) is 42.5 Å². The van der Waals surface area contributed by atoms with E-state index >= 15 is 0 Å². The summed E-state index contributed by atoms with van der Waals surface area (Å²) in [5, 5.41) is 9.54. The first-order valence-corrected chi connectivity index (χ1v) is 6.46. The summed E-state index contributed by atoms with van der Waals surface area (Å²) in [4.78, 5) is 0. The minimum Gasteiger partial charge on any atom is -0.491 e. The second-order valence-electron chi connectivity index (χ2n) is 4.43. The molecule has 19 heavy (non-hydrogen) atoms. The number of rotatable bonds is 6. The van der Waals surface area contributed by atoms with Gasteiger partial charge < -0.3 is 15.6 Å². The molecule has 0 saturated carbocycles. The summed E-state index contributed by atoms with van der Waals surface area (Å²) in [6, 6.07) is 18.0. The van der Waals surface area contributed by atoms with Gasteiger partial charge in [-0.2, -0.15) is 0 Å². The first-order chi connectivity index (χ1) is 9.29. The summed E-state index contributed by atoms with van der Waals surface area (Å²) in [6.07, 6.45) is 0.0565. The van der Waals surface area contributed by atoms with Crippen molar-refractivity contribution in [2.75, 3.05) is 13.2 Å². The van der Waals surface area contributed by atoms with Crippen LogP contribution < -0.4 is 10.5 Å². The number of hydrogen-bond acceptors (Lipinski definition) is 3. The molecule has 0 aliphatic rings. The third-order valence-corrected chi connectivity index (χ3v) is 2.90.